The third-order valence-corrected chi connectivity index (χ3v) is 5.93. The molecule has 3 N–H and O–H groups in total. The number of nitrogens with zero attached hydrogens (tertiary/aromatic N) is 2. The van der Waals surface area contributed by atoms with E-state index in [-0.39, 0.29) is 23.9 Å². The molecule has 0 bridgehead atoms. The van der Waals surface area contributed by atoms with Crippen molar-refractivity contribution < 1.29 is 18.8 Å². The molecule has 168 valence electrons. The van der Waals surface area contributed by atoms with Crippen LogP contribution < -0.4 is 10.6 Å². The number of anilines is 1. The minimum atomic E-state index is -0.427. The summed E-state index contributed by atoms with van der Waals surface area (Å²) >= 11 is 0. The Morgan fingerprint density at radius 1 is 1.28 bits per heavy atom. The van der Waals surface area contributed by atoms with Crippen molar-refractivity contribution in [3.8, 4) is 0 Å². The van der Waals surface area contributed by atoms with Crippen LogP contribution in [0.1, 0.15) is 39.3 Å². The maximum absolute atomic E-state index is 13.7. The van der Waals surface area contributed by atoms with Crippen LogP contribution in [0, 0.1) is 19.7 Å². The molecule has 1 aromatic carbocycles. The molecule has 1 fully saturated rings. The van der Waals surface area contributed by atoms with Crippen molar-refractivity contribution in [3.63, 3.8) is 0 Å². The van der Waals surface area contributed by atoms with Crippen molar-refractivity contribution in [2.75, 3.05) is 32.5 Å². The van der Waals surface area contributed by atoms with Crippen molar-refractivity contribution in [2.24, 2.45) is 0 Å². The fraction of sp³-hybridized carbons (Fsp3) is 0.348. The van der Waals surface area contributed by atoms with Crippen molar-refractivity contribution in [2.45, 2.75) is 26.3 Å². The number of carbonyl (C=O) groups is 3. The lowest BCUT2D eigenvalue weighted by Gasteiger charge is -2.21. The highest BCUT2D eigenvalue weighted by Crippen LogP contribution is 2.34. The first-order valence-corrected chi connectivity index (χ1v) is 10.4. The fourth-order valence-corrected chi connectivity index (χ4v) is 4.30. The highest BCUT2D eigenvalue weighted by molar-refractivity contribution is 6.34. The number of urea groups is 1. The van der Waals surface area contributed by atoms with Gasteiger partial charge in [-0.1, -0.05) is 0 Å². The Hall–Kier alpha value is -3.62. The quantitative estimate of drug-likeness (QED) is 0.642. The predicted octanol–water partition coefficient (Wildman–Crippen LogP) is 2.75. The summed E-state index contributed by atoms with van der Waals surface area (Å²) in [5.74, 6) is -0.976. The van der Waals surface area contributed by atoms with Gasteiger partial charge in [-0.2, -0.15) is 0 Å². The molecule has 32 heavy (non-hydrogen) atoms. The second kappa shape index (κ2) is 8.14. The SMILES string of the molecule is Cc1[nH]c(/C=C2\C(=O)Nc3ccc(F)cc32)c(C)c1C(=O)N[C@@H]1CCN(C(=O)N(C)C)C1. The molecule has 0 unspecified atom stereocenters. The number of aryl methyl sites for hydroxylation is 1. The topological polar surface area (TPSA) is 97.5 Å². The molecule has 0 aliphatic carbocycles. The highest BCUT2D eigenvalue weighted by Gasteiger charge is 2.30. The van der Waals surface area contributed by atoms with E-state index in [1.807, 2.05) is 0 Å². The molecule has 4 amide bonds. The van der Waals surface area contributed by atoms with Crippen LogP contribution in [0.3, 0.4) is 0 Å². The van der Waals surface area contributed by atoms with E-state index in [4.69, 9.17) is 0 Å². The fourth-order valence-electron chi connectivity index (χ4n) is 4.30. The number of fused-ring (bicyclic) bond motifs is 1. The Balaban J connectivity index is 1.55. The molecule has 2 aliphatic heterocycles. The number of aromatic amines is 1. The van der Waals surface area contributed by atoms with Crippen molar-refractivity contribution in [3.05, 3.63) is 52.1 Å². The van der Waals surface area contributed by atoms with Crippen LogP contribution in [0.25, 0.3) is 11.6 Å². The highest BCUT2D eigenvalue weighted by atomic mass is 19.1. The van der Waals surface area contributed by atoms with Gasteiger partial charge in [-0.3, -0.25) is 9.59 Å². The molecule has 3 heterocycles. The van der Waals surface area contributed by atoms with Crippen molar-refractivity contribution in [1.29, 1.82) is 0 Å². The third kappa shape index (κ3) is 3.86. The zero-order valence-electron chi connectivity index (χ0n) is 18.5. The first-order valence-electron chi connectivity index (χ1n) is 10.4. The van der Waals surface area contributed by atoms with E-state index >= 15 is 0 Å². The molecule has 4 rings (SSSR count). The molecule has 1 atom stereocenters. The van der Waals surface area contributed by atoms with Gasteiger partial charge in [0.15, 0.2) is 0 Å². The maximum atomic E-state index is 13.7. The molecule has 0 radical (unpaired) electrons. The van der Waals surface area contributed by atoms with E-state index in [1.54, 1.807) is 38.9 Å². The molecular weight excluding hydrogens is 413 g/mol. The summed E-state index contributed by atoms with van der Waals surface area (Å²) in [6.45, 7) is 4.66. The first kappa shape index (κ1) is 21.6. The van der Waals surface area contributed by atoms with Gasteiger partial charge in [-0.25, -0.2) is 9.18 Å². The summed E-state index contributed by atoms with van der Waals surface area (Å²) in [6, 6.07) is 3.94. The minimum Gasteiger partial charge on any atom is -0.358 e. The molecule has 0 saturated carbocycles. The van der Waals surface area contributed by atoms with Gasteiger partial charge in [0.1, 0.15) is 5.82 Å². The molecule has 1 aromatic heterocycles. The second-order valence-electron chi connectivity index (χ2n) is 8.45. The predicted molar refractivity (Wildman–Crippen MR) is 120 cm³/mol. The number of likely N-dealkylation sites (tertiary alicyclic amines) is 1. The lowest BCUT2D eigenvalue weighted by atomic mass is 10.0. The number of hydrogen-bond acceptors (Lipinski definition) is 3. The van der Waals surface area contributed by atoms with E-state index in [0.717, 1.165) is 0 Å². The first-order chi connectivity index (χ1) is 15.2. The van der Waals surface area contributed by atoms with Gasteiger partial charge < -0.3 is 25.4 Å². The Kier molecular flexibility index (Phi) is 5.50. The number of rotatable bonds is 3. The molecule has 0 spiro atoms. The number of halogens is 1. The maximum Gasteiger partial charge on any atom is 0.319 e. The van der Waals surface area contributed by atoms with Crippen LogP contribution in [-0.4, -0.2) is 65.9 Å². The van der Waals surface area contributed by atoms with Crippen molar-refractivity contribution >= 4 is 35.2 Å². The monoisotopic (exact) mass is 439 g/mol. The summed E-state index contributed by atoms with van der Waals surface area (Å²) in [7, 11) is 3.41. The molecule has 1 saturated heterocycles. The Labute approximate surface area is 185 Å². The summed E-state index contributed by atoms with van der Waals surface area (Å²) in [5.41, 5.74) is 3.87. The summed E-state index contributed by atoms with van der Waals surface area (Å²) < 4.78 is 13.7. The zero-order valence-corrected chi connectivity index (χ0v) is 18.5. The van der Waals surface area contributed by atoms with E-state index in [1.165, 1.54) is 23.1 Å². The van der Waals surface area contributed by atoms with Gasteiger partial charge in [0.05, 0.1) is 11.1 Å². The van der Waals surface area contributed by atoms with Gasteiger partial charge in [0.25, 0.3) is 11.8 Å². The average Bonchev–Trinajstić information content (AvgIpc) is 3.38. The Bertz CT molecular complexity index is 1150. The number of hydrogen-bond donors (Lipinski definition) is 3. The number of benzene rings is 1. The summed E-state index contributed by atoms with van der Waals surface area (Å²) in [6.07, 6.45) is 2.33. The number of carbonyl (C=O) groups excluding carboxylic acids is 3. The summed E-state index contributed by atoms with van der Waals surface area (Å²) in [5, 5.41) is 5.74. The van der Waals surface area contributed by atoms with Crippen molar-refractivity contribution in [1.82, 2.24) is 20.1 Å². The van der Waals surface area contributed by atoms with E-state index in [9.17, 15) is 18.8 Å². The number of H-pyrrole nitrogens is 1. The van der Waals surface area contributed by atoms with Crippen LogP contribution in [0.5, 0.6) is 0 Å². The van der Waals surface area contributed by atoms with Crippen LogP contribution >= 0.6 is 0 Å². The number of aromatic nitrogens is 1. The van der Waals surface area contributed by atoms with Crippen LogP contribution in [0.15, 0.2) is 18.2 Å². The number of nitrogens with one attached hydrogen (secondary N) is 3. The normalized spacial score (nSPS) is 18.7. The van der Waals surface area contributed by atoms with E-state index < -0.39 is 5.82 Å². The molecule has 9 heteroatoms. The lowest BCUT2D eigenvalue weighted by molar-refractivity contribution is -0.110. The van der Waals surface area contributed by atoms with Crippen LogP contribution in [0.2, 0.25) is 0 Å². The standard InChI is InChI=1S/C23H26FN5O3/c1-12-19(10-17-16-9-14(24)5-6-18(16)27-21(17)30)25-13(2)20(12)22(31)26-15-7-8-29(11-15)23(32)28(3)4/h5-6,9-10,15,25H,7-8,11H2,1-4H3,(H,26,31)(H,27,30)/b17-10-/t15-/m1/s1. The van der Waals surface area contributed by atoms with Crippen LogP contribution in [-0.2, 0) is 4.79 Å². The Morgan fingerprint density at radius 3 is 2.75 bits per heavy atom. The minimum absolute atomic E-state index is 0.0729. The number of amides is 4. The molecule has 2 aliphatic rings. The summed E-state index contributed by atoms with van der Waals surface area (Å²) in [4.78, 5) is 44.0. The molecule has 2 aromatic rings. The van der Waals surface area contributed by atoms with Crippen LogP contribution in [0.4, 0.5) is 14.9 Å². The Morgan fingerprint density at radius 2 is 2.03 bits per heavy atom. The van der Waals surface area contributed by atoms with E-state index in [0.29, 0.717) is 58.8 Å². The second-order valence-corrected chi connectivity index (χ2v) is 8.45. The smallest absolute Gasteiger partial charge is 0.319 e. The zero-order chi connectivity index (χ0) is 23.2. The van der Waals surface area contributed by atoms with Gasteiger partial charge in [-0.05, 0) is 50.1 Å². The third-order valence-electron chi connectivity index (χ3n) is 5.93. The van der Waals surface area contributed by atoms with Gasteiger partial charge in [0.2, 0.25) is 0 Å². The van der Waals surface area contributed by atoms with E-state index in [2.05, 4.69) is 15.6 Å². The van der Waals surface area contributed by atoms with Gasteiger partial charge in [-0.15, -0.1) is 0 Å². The molecule has 8 nitrogen and oxygen atoms in total. The van der Waals surface area contributed by atoms with Gasteiger partial charge in [0, 0.05) is 55.9 Å². The average molecular weight is 439 g/mol. The van der Waals surface area contributed by atoms with Gasteiger partial charge >= 0.3 is 6.03 Å². The molecular formula is C23H26FN5O3. The largest absolute Gasteiger partial charge is 0.358 e. The lowest BCUT2D eigenvalue weighted by Crippen LogP contribution is -2.41.